The Morgan fingerprint density at radius 2 is 2.11 bits per heavy atom. The molecule has 0 aliphatic heterocycles. The van der Waals surface area contributed by atoms with Crippen molar-refractivity contribution in [3.63, 3.8) is 0 Å². The van der Waals surface area contributed by atoms with Crippen molar-refractivity contribution >= 4 is 0 Å². The Hall–Kier alpha value is -0.300. The highest BCUT2D eigenvalue weighted by atomic mass is 14.9. The van der Waals surface area contributed by atoms with Crippen molar-refractivity contribution in [3.05, 3.63) is 11.6 Å². The van der Waals surface area contributed by atoms with Crippen LogP contribution in [0.4, 0.5) is 0 Å². The lowest BCUT2D eigenvalue weighted by Gasteiger charge is -2.52. The summed E-state index contributed by atoms with van der Waals surface area (Å²) in [5.74, 6) is 1.84. The normalized spacial score (nSPS) is 32.2. The van der Waals surface area contributed by atoms with Gasteiger partial charge in [-0.1, -0.05) is 32.4 Å². The number of allylic oxidation sites excluding steroid dienone is 1. The molecule has 1 fully saturated rings. The van der Waals surface area contributed by atoms with Crippen LogP contribution in [0.5, 0.6) is 0 Å². The molecule has 0 saturated heterocycles. The lowest BCUT2D eigenvalue weighted by molar-refractivity contribution is 0.0551. The third kappa shape index (κ3) is 2.99. The van der Waals surface area contributed by atoms with Crippen LogP contribution in [-0.2, 0) is 0 Å². The molecule has 2 aliphatic carbocycles. The van der Waals surface area contributed by atoms with E-state index in [1.54, 1.807) is 5.57 Å². The fourth-order valence-electron chi connectivity index (χ4n) is 3.76. The Kier molecular flexibility index (Phi) is 4.89. The first-order chi connectivity index (χ1) is 8.68. The second-order valence-corrected chi connectivity index (χ2v) is 6.84. The molecule has 0 heterocycles. The zero-order valence-corrected chi connectivity index (χ0v) is 12.6. The second-order valence-electron chi connectivity index (χ2n) is 6.84. The van der Waals surface area contributed by atoms with E-state index in [2.05, 4.69) is 32.2 Å². The molecule has 1 saturated carbocycles. The smallest absolute Gasteiger partial charge is 0.00454 e. The van der Waals surface area contributed by atoms with Crippen molar-refractivity contribution in [1.82, 2.24) is 5.32 Å². The Labute approximate surface area is 113 Å². The molecule has 0 radical (unpaired) electrons. The van der Waals surface area contributed by atoms with Crippen molar-refractivity contribution in [2.75, 3.05) is 13.1 Å². The van der Waals surface area contributed by atoms with E-state index >= 15 is 0 Å². The van der Waals surface area contributed by atoms with Gasteiger partial charge in [-0.3, -0.25) is 0 Å². The molecule has 0 aromatic rings. The molecule has 0 aromatic heterocycles. The van der Waals surface area contributed by atoms with Crippen LogP contribution in [-0.4, -0.2) is 13.1 Å². The van der Waals surface area contributed by atoms with Crippen LogP contribution in [0.3, 0.4) is 0 Å². The summed E-state index contributed by atoms with van der Waals surface area (Å²) in [6, 6.07) is 0. The summed E-state index contributed by atoms with van der Waals surface area (Å²) in [5.41, 5.74) is 2.35. The van der Waals surface area contributed by atoms with Gasteiger partial charge in [-0.25, -0.2) is 0 Å². The maximum absolute atomic E-state index is 3.69. The minimum Gasteiger partial charge on any atom is -0.316 e. The van der Waals surface area contributed by atoms with E-state index in [-0.39, 0.29) is 0 Å². The molecule has 104 valence electrons. The first-order valence-electron chi connectivity index (χ1n) is 8.08. The van der Waals surface area contributed by atoms with Crippen LogP contribution >= 0.6 is 0 Å². The van der Waals surface area contributed by atoms with Gasteiger partial charge in [0.15, 0.2) is 0 Å². The molecular weight excluding hydrogens is 218 g/mol. The monoisotopic (exact) mass is 249 g/mol. The highest BCUT2D eigenvalue weighted by Crippen LogP contribution is 2.55. The van der Waals surface area contributed by atoms with E-state index < -0.39 is 0 Å². The standard InChI is InChI=1S/C17H31N/c1-4-10-18-13-17(11-15(12-17)14(2)3)16-8-6-5-7-9-16/h8,14-15,18H,4-7,9-13H2,1-3H3. The molecule has 18 heavy (non-hydrogen) atoms. The van der Waals surface area contributed by atoms with Gasteiger partial charge in [0, 0.05) is 12.0 Å². The van der Waals surface area contributed by atoms with Crippen molar-refractivity contribution in [3.8, 4) is 0 Å². The van der Waals surface area contributed by atoms with Gasteiger partial charge in [-0.2, -0.15) is 0 Å². The van der Waals surface area contributed by atoms with Gasteiger partial charge in [0.25, 0.3) is 0 Å². The first kappa shape index (κ1) is 14.1. The number of hydrogen-bond donors (Lipinski definition) is 1. The van der Waals surface area contributed by atoms with Gasteiger partial charge in [0.1, 0.15) is 0 Å². The number of nitrogens with one attached hydrogen (secondary N) is 1. The maximum Gasteiger partial charge on any atom is 0.00454 e. The predicted octanol–water partition coefficient (Wildman–Crippen LogP) is 4.54. The van der Waals surface area contributed by atoms with Gasteiger partial charge in [-0.15, -0.1) is 0 Å². The van der Waals surface area contributed by atoms with E-state index in [9.17, 15) is 0 Å². The van der Waals surface area contributed by atoms with Crippen LogP contribution in [0.25, 0.3) is 0 Å². The lowest BCUT2D eigenvalue weighted by Crippen LogP contribution is -2.48. The average molecular weight is 249 g/mol. The summed E-state index contributed by atoms with van der Waals surface area (Å²) in [7, 11) is 0. The van der Waals surface area contributed by atoms with Crippen molar-refractivity contribution in [1.29, 1.82) is 0 Å². The first-order valence-corrected chi connectivity index (χ1v) is 8.08. The van der Waals surface area contributed by atoms with Gasteiger partial charge >= 0.3 is 0 Å². The van der Waals surface area contributed by atoms with Crippen LogP contribution in [0.2, 0.25) is 0 Å². The fraction of sp³-hybridized carbons (Fsp3) is 0.882. The third-order valence-corrected chi connectivity index (χ3v) is 5.11. The van der Waals surface area contributed by atoms with E-state index in [0.717, 1.165) is 11.8 Å². The topological polar surface area (TPSA) is 12.0 Å². The molecule has 1 heteroatoms. The summed E-state index contributed by atoms with van der Waals surface area (Å²) in [5, 5.41) is 3.69. The summed E-state index contributed by atoms with van der Waals surface area (Å²) < 4.78 is 0. The maximum atomic E-state index is 3.69. The Morgan fingerprint density at radius 1 is 1.33 bits per heavy atom. The molecule has 0 bridgehead atoms. The van der Waals surface area contributed by atoms with Crippen molar-refractivity contribution < 1.29 is 0 Å². The molecule has 1 N–H and O–H groups in total. The Balaban J connectivity index is 1.98. The van der Waals surface area contributed by atoms with Gasteiger partial charge in [0.05, 0.1) is 0 Å². The second kappa shape index (κ2) is 6.23. The Morgan fingerprint density at radius 3 is 2.67 bits per heavy atom. The van der Waals surface area contributed by atoms with Crippen molar-refractivity contribution in [2.45, 2.75) is 65.7 Å². The summed E-state index contributed by atoms with van der Waals surface area (Å²) in [6.45, 7) is 9.46. The van der Waals surface area contributed by atoms with E-state index in [4.69, 9.17) is 0 Å². The quantitative estimate of drug-likeness (QED) is 0.538. The highest BCUT2D eigenvalue weighted by molar-refractivity contribution is 5.22. The highest BCUT2D eigenvalue weighted by Gasteiger charge is 2.46. The molecule has 0 atom stereocenters. The van der Waals surface area contributed by atoms with E-state index in [1.165, 1.54) is 58.0 Å². The van der Waals surface area contributed by atoms with Crippen molar-refractivity contribution in [2.24, 2.45) is 17.3 Å². The largest absolute Gasteiger partial charge is 0.316 e. The molecule has 0 unspecified atom stereocenters. The van der Waals surface area contributed by atoms with E-state index in [0.29, 0.717) is 5.41 Å². The average Bonchev–Trinajstić information content (AvgIpc) is 2.33. The molecule has 0 amide bonds. The summed E-state index contributed by atoms with van der Waals surface area (Å²) >= 11 is 0. The summed E-state index contributed by atoms with van der Waals surface area (Å²) in [6.07, 6.45) is 12.2. The lowest BCUT2D eigenvalue weighted by atomic mass is 9.54. The molecule has 2 aliphatic rings. The molecule has 0 aromatic carbocycles. The van der Waals surface area contributed by atoms with Gasteiger partial charge < -0.3 is 5.32 Å². The molecule has 1 nitrogen and oxygen atoms in total. The SMILES string of the molecule is CCCNCC1(C2=CCCCC2)CC(C(C)C)C1. The van der Waals surface area contributed by atoms with Crippen LogP contribution in [0.15, 0.2) is 11.6 Å². The van der Waals surface area contributed by atoms with Gasteiger partial charge in [-0.05, 0) is 63.3 Å². The minimum absolute atomic E-state index is 0.546. The van der Waals surface area contributed by atoms with Crippen LogP contribution in [0, 0.1) is 17.3 Å². The predicted molar refractivity (Wildman–Crippen MR) is 79.7 cm³/mol. The summed E-state index contributed by atoms with van der Waals surface area (Å²) in [4.78, 5) is 0. The zero-order valence-electron chi connectivity index (χ0n) is 12.6. The number of hydrogen-bond acceptors (Lipinski definition) is 1. The van der Waals surface area contributed by atoms with E-state index in [1.807, 2.05) is 0 Å². The Bertz CT molecular complexity index is 284. The third-order valence-electron chi connectivity index (χ3n) is 5.11. The van der Waals surface area contributed by atoms with Crippen LogP contribution < -0.4 is 5.32 Å². The molecule has 2 rings (SSSR count). The zero-order chi connectivity index (χ0) is 13.0. The number of rotatable bonds is 6. The minimum atomic E-state index is 0.546. The van der Waals surface area contributed by atoms with Gasteiger partial charge in [0.2, 0.25) is 0 Å². The molecular formula is C17H31N. The molecule has 0 spiro atoms. The van der Waals surface area contributed by atoms with Crippen LogP contribution in [0.1, 0.15) is 65.7 Å². The fourth-order valence-corrected chi connectivity index (χ4v) is 3.76.